The second kappa shape index (κ2) is 15.4. The normalized spacial score (nSPS) is 24.9. The molecule has 0 radical (unpaired) electrons. The first-order valence-electron chi connectivity index (χ1n) is 18.6. The van der Waals surface area contributed by atoms with E-state index in [9.17, 15) is 18.3 Å². The molecule has 0 saturated carbocycles. The standard InChI is InChI=1S/C40H55N5O4S/c1-5-7-17-40(18-8-6-2)28-50(48,49)36-16-15-33(43(3)4)26-35(36)37(38(40)46)30-12-10-14-32(25-30)42-39(47)41-31-13-9-11-29(23-31)24-34-27-44-19-21-45(34)22-20-44/h9-16,23,25-26,34,37-38,46H,5-8,17-22,24,27-28H2,1-4H3,(H2,41,42,47)/p+1/t34?,37-,38-/m1/s1. The van der Waals surface area contributed by atoms with Gasteiger partial charge in [0.15, 0.2) is 9.84 Å². The van der Waals surface area contributed by atoms with E-state index in [4.69, 9.17) is 0 Å². The lowest BCUT2D eigenvalue weighted by Crippen LogP contribution is -3.21. The van der Waals surface area contributed by atoms with Gasteiger partial charge in [-0.3, -0.25) is 4.90 Å². The summed E-state index contributed by atoms with van der Waals surface area (Å²) in [6, 6.07) is 21.4. The predicted molar refractivity (Wildman–Crippen MR) is 202 cm³/mol. The molecule has 1 unspecified atom stereocenters. The third kappa shape index (κ3) is 7.88. The van der Waals surface area contributed by atoms with E-state index >= 15 is 0 Å². The number of carbonyl (C=O) groups excluding carboxylic acids is 1. The fourth-order valence-electron chi connectivity index (χ4n) is 8.63. The molecule has 50 heavy (non-hydrogen) atoms. The summed E-state index contributed by atoms with van der Waals surface area (Å²) < 4.78 is 28.4. The van der Waals surface area contributed by atoms with E-state index in [-0.39, 0.29) is 16.7 Å². The van der Waals surface area contributed by atoms with Gasteiger partial charge in [-0.15, -0.1) is 0 Å². The van der Waals surface area contributed by atoms with Gasteiger partial charge in [0.2, 0.25) is 0 Å². The number of unbranched alkanes of at least 4 members (excludes halogenated alkanes) is 2. The molecule has 0 aromatic heterocycles. The highest BCUT2D eigenvalue weighted by molar-refractivity contribution is 7.91. The number of amides is 2. The van der Waals surface area contributed by atoms with Gasteiger partial charge in [0, 0.05) is 62.0 Å². The lowest BCUT2D eigenvalue weighted by Gasteiger charge is -2.44. The summed E-state index contributed by atoms with van der Waals surface area (Å²) in [4.78, 5) is 19.9. The number of carbonyl (C=O) groups is 1. The van der Waals surface area contributed by atoms with Gasteiger partial charge in [0.1, 0.15) is 6.04 Å². The van der Waals surface area contributed by atoms with Crippen LogP contribution in [-0.2, 0) is 16.3 Å². The first-order chi connectivity index (χ1) is 24.0. The molecule has 0 spiro atoms. The maximum atomic E-state index is 14.2. The van der Waals surface area contributed by atoms with Crippen LogP contribution >= 0.6 is 0 Å². The van der Waals surface area contributed by atoms with Crippen molar-refractivity contribution in [3.05, 3.63) is 83.4 Å². The molecule has 3 saturated heterocycles. The third-order valence-corrected chi connectivity index (χ3v) is 13.4. The highest BCUT2D eigenvalue weighted by Crippen LogP contribution is 2.50. The summed E-state index contributed by atoms with van der Waals surface area (Å²) in [6.07, 6.45) is 4.82. The fourth-order valence-corrected chi connectivity index (χ4v) is 10.8. The van der Waals surface area contributed by atoms with Crippen LogP contribution in [0.3, 0.4) is 0 Å². The Kier molecular flexibility index (Phi) is 11.2. The smallest absolute Gasteiger partial charge is 0.323 e. The zero-order valence-corrected chi connectivity index (χ0v) is 31.1. The van der Waals surface area contributed by atoms with Gasteiger partial charge >= 0.3 is 6.03 Å². The molecule has 10 heteroatoms. The quantitative estimate of drug-likeness (QED) is 0.208. The maximum Gasteiger partial charge on any atom is 0.323 e. The Morgan fingerprint density at radius 3 is 2.22 bits per heavy atom. The van der Waals surface area contributed by atoms with E-state index in [0.717, 1.165) is 55.6 Å². The largest absolute Gasteiger partial charge is 0.392 e. The number of aliphatic hydroxyl groups is 1. The van der Waals surface area contributed by atoms with Gasteiger partial charge in [-0.1, -0.05) is 63.8 Å². The number of sulfone groups is 1. The molecule has 7 rings (SSSR count). The Bertz CT molecular complexity index is 1750. The lowest BCUT2D eigenvalue weighted by molar-refractivity contribution is -0.939. The number of quaternary nitrogens is 1. The number of aliphatic hydroxyl groups excluding tert-OH is 1. The van der Waals surface area contributed by atoms with Gasteiger partial charge in [-0.25, -0.2) is 13.2 Å². The number of hydrogen-bond acceptors (Lipinski definition) is 6. The summed E-state index contributed by atoms with van der Waals surface area (Å²) >= 11 is 0. The number of rotatable bonds is 12. The number of benzene rings is 3. The van der Waals surface area contributed by atoms with Gasteiger partial charge in [-0.2, -0.15) is 0 Å². The van der Waals surface area contributed by atoms with Gasteiger partial charge in [0.05, 0.1) is 36.4 Å². The van der Waals surface area contributed by atoms with Crippen molar-refractivity contribution in [2.45, 2.75) is 81.8 Å². The highest BCUT2D eigenvalue weighted by Gasteiger charge is 2.49. The van der Waals surface area contributed by atoms with E-state index in [1.807, 2.05) is 67.5 Å². The molecule has 2 amide bonds. The Morgan fingerprint density at radius 1 is 0.940 bits per heavy atom. The molecular formula is C40H56N5O4S+. The minimum absolute atomic E-state index is 0.0796. The van der Waals surface area contributed by atoms with E-state index in [0.29, 0.717) is 30.1 Å². The molecule has 3 fully saturated rings. The summed E-state index contributed by atoms with van der Waals surface area (Å²) in [5.41, 5.74) is 4.00. The van der Waals surface area contributed by atoms with Crippen molar-refractivity contribution >= 4 is 32.9 Å². The van der Waals surface area contributed by atoms with Crippen molar-refractivity contribution in [1.29, 1.82) is 0 Å². The van der Waals surface area contributed by atoms with E-state index in [1.165, 1.54) is 31.7 Å². The molecule has 3 aromatic rings. The van der Waals surface area contributed by atoms with Crippen LogP contribution in [0.1, 0.15) is 75.0 Å². The van der Waals surface area contributed by atoms with Crippen LogP contribution in [0.5, 0.6) is 0 Å². The molecular weight excluding hydrogens is 647 g/mol. The summed E-state index contributed by atoms with van der Waals surface area (Å²) in [5.74, 6) is -0.675. The highest BCUT2D eigenvalue weighted by atomic mass is 32.2. The topological polar surface area (TPSA) is 106 Å². The molecule has 3 atom stereocenters. The Balaban J connectivity index is 1.28. The Labute approximate surface area is 299 Å². The minimum Gasteiger partial charge on any atom is -0.392 e. The Morgan fingerprint density at radius 2 is 1.60 bits per heavy atom. The van der Waals surface area contributed by atoms with Crippen LogP contribution in [0.4, 0.5) is 21.9 Å². The molecule has 4 N–H and O–H groups in total. The SMILES string of the molecule is CCCCC1(CCCC)CS(=O)(=O)c2ccc(N(C)C)cc2[C@@H](c2cccc(NC(=O)Nc3cccc(CC4CN5CC[NH+]4CC5)c3)c2)[C@H]1O. The molecule has 9 nitrogen and oxygen atoms in total. The van der Waals surface area contributed by atoms with Crippen molar-refractivity contribution in [3.63, 3.8) is 0 Å². The Hall–Kier alpha value is -3.44. The van der Waals surface area contributed by atoms with Crippen LogP contribution in [0.15, 0.2) is 71.6 Å². The van der Waals surface area contributed by atoms with Crippen molar-refractivity contribution in [2.75, 3.05) is 68.1 Å². The van der Waals surface area contributed by atoms with E-state index in [1.54, 1.807) is 11.0 Å². The van der Waals surface area contributed by atoms with Gasteiger partial charge in [-0.05, 0) is 72.0 Å². The number of piperazine rings is 3. The second-order valence-electron chi connectivity index (χ2n) is 15.1. The molecule has 4 aliphatic rings. The maximum absolute atomic E-state index is 14.2. The average Bonchev–Trinajstić information content (AvgIpc) is 3.17. The molecule has 0 aliphatic carbocycles. The molecule has 270 valence electrons. The van der Waals surface area contributed by atoms with Crippen LogP contribution in [0.25, 0.3) is 0 Å². The number of nitrogens with zero attached hydrogens (tertiary/aromatic N) is 2. The zero-order chi connectivity index (χ0) is 35.5. The second-order valence-corrected chi connectivity index (χ2v) is 17.1. The van der Waals surface area contributed by atoms with Gasteiger partial charge in [0.25, 0.3) is 0 Å². The third-order valence-electron chi connectivity index (χ3n) is 11.4. The number of nitrogens with one attached hydrogen (secondary N) is 3. The summed E-state index contributed by atoms with van der Waals surface area (Å²) in [5, 5.41) is 18.6. The van der Waals surface area contributed by atoms with E-state index < -0.39 is 27.3 Å². The number of fused-ring (bicyclic) bond motifs is 4. The van der Waals surface area contributed by atoms with Crippen LogP contribution < -0.4 is 20.4 Å². The van der Waals surface area contributed by atoms with Crippen molar-refractivity contribution in [1.82, 2.24) is 4.90 Å². The van der Waals surface area contributed by atoms with Crippen molar-refractivity contribution < 1.29 is 23.2 Å². The zero-order valence-electron chi connectivity index (χ0n) is 30.2. The van der Waals surface area contributed by atoms with Crippen LogP contribution in [-0.4, -0.2) is 89.2 Å². The molecule has 4 aliphatic heterocycles. The van der Waals surface area contributed by atoms with Gasteiger partial charge < -0.3 is 25.5 Å². The number of hydrogen-bond donors (Lipinski definition) is 4. The first kappa shape index (κ1) is 36.4. The molecule has 4 heterocycles. The van der Waals surface area contributed by atoms with Crippen LogP contribution in [0, 0.1) is 5.41 Å². The van der Waals surface area contributed by atoms with Crippen molar-refractivity contribution in [2.24, 2.45) is 5.41 Å². The van der Waals surface area contributed by atoms with Crippen molar-refractivity contribution in [3.8, 4) is 0 Å². The summed E-state index contributed by atoms with van der Waals surface area (Å²) in [6.45, 7) is 10.1. The summed E-state index contributed by atoms with van der Waals surface area (Å²) in [7, 11) is 0.158. The average molecular weight is 703 g/mol. The first-order valence-corrected chi connectivity index (χ1v) is 20.2. The molecule has 3 aromatic carbocycles. The predicted octanol–water partition coefficient (Wildman–Crippen LogP) is 5.17. The number of urea groups is 1. The minimum atomic E-state index is -3.70. The lowest BCUT2D eigenvalue weighted by atomic mass is 9.68. The fraction of sp³-hybridized carbons (Fsp3) is 0.525. The monoisotopic (exact) mass is 702 g/mol. The van der Waals surface area contributed by atoms with E-state index in [2.05, 4.69) is 41.5 Å². The number of anilines is 3. The van der Waals surface area contributed by atoms with Crippen LogP contribution in [0.2, 0.25) is 0 Å². The molecule has 2 bridgehead atoms.